The first-order chi connectivity index (χ1) is 8.07. The van der Waals surface area contributed by atoms with E-state index in [4.69, 9.17) is 4.74 Å². The van der Waals surface area contributed by atoms with Gasteiger partial charge in [0, 0.05) is 6.54 Å². The summed E-state index contributed by atoms with van der Waals surface area (Å²) in [6, 6.07) is 0. The van der Waals surface area contributed by atoms with Crippen LogP contribution in [0.2, 0.25) is 0 Å². The van der Waals surface area contributed by atoms with Crippen LogP contribution in [0.4, 0.5) is 0 Å². The van der Waals surface area contributed by atoms with Crippen molar-refractivity contribution in [3.05, 3.63) is 0 Å². The molecule has 0 heterocycles. The molecule has 0 saturated heterocycles. The third-order valence-corrected chi connectivity index (χ3v) is 4.48. The van der Waals surface area contributed by atoms with Gasteiger partial charge in [0.15, 0.2) is 0 Å². The first-order valence-electron chi connectivity index (χ1n) is 6.43. The Bertz CT molecular complexity index is 349. The van der Waals surface area contributed by atoms with Gasteiger partial charge in [-0.25, -0.2) is 0 Å². The standard InChI is InChI=1S/C14H25NO3/c1-12(2,3)13(4,5)9-15-10(16)14(7-8-14)11(17)18-6/h7-9H2,1-6H3,(H,15,16). The molecule has 0 spiro atoms. The highest BCUT2D eigenvalue weighted by molar-refractivity contribution is 6.05. The van der Waals surface area contributed by atoms with Crippen molar-refractivity contribution < 1.29 is 14.3 Å². The van der Waals surface area contributed by atoms with Gasteiger partial charge in [-0.2, -0.15) is 0 Å². The average Bonchev–Trinajstić information content (AvgIpc) is 3.04. The molecule has 1 aliphatic carbocycles. The minimum Gasteiger partial charge on any atom is -0.468 e. The van der Waals surface area contributed by atoms with E-state index in [2.05, 4.69) is 39.9 Å². The van der Waals surface area contributed by atoms with Crippen molar-refractivity contribution in [2.45, 2.75) is 47.5 Å². The lowest BCUT2D eigenvalue weighted by atomic mass is 9.69. The van der Waals surface area contributed by atoms with Crippen LogP contribution in [0.15, 0.2) is 0 Å². The number of ether oxygens (including phenoxy) is 1. The highest BCUT2D eigenvalue weighted by atomic mass is 16.5. The van der Waals surface area contributed by atoms with Gasteiger partial charge in [0.2, 0.25) is 5.91 Å². The molecule has 1 aliphatic rings. The molecule has 1 amide bonds. The molecule has 0 aliphatic heterocycles. The first-order valence-corrected chi connectivity index (χ1v) is 6.43. The van der Waals surface area contributed by atoms with E-state index in [1.54, 1.807) is 0 Å². The monoisotopic (exact) mass is 255 g/mol. The average molecular weight is 255 g/mol. The van der Waals surface area contributed by atoms with Gasteiger partial charge < -0.3 is 10.1 Å². The van der Waals surface area contributed by atoms with E-state index in [0.717, 1.165) is 0 Å². The van der Waals surface area contributed by atoms with Crippen molar-refractivity contribution in [1.82, 2.24) is 5.32 Å². The summed E-state index contributed by atoms with van der Waals surface area (Å²) in [5.74, 6) is -0.597. The molecule has 0 aromatic heterocycles. The van der Waals surface area contributed by atoms with Crippen molar-refractivity contribution in [3.63, 3.8) is 0 Å². The lowest BCUT2D eigenvalue weighted by Gasteiger charge is -2.39. The third-order valence-electron chi connectivity index (χ3n) is 4.48. The minimum atomic E-state index is -0.900. The molecule has 0 unspecified atom stereocenters. The summed E-state index contributed by atoms with van der Waals surface area (Å²) in [4.78, 5) is 23.7. The van der Waals surface area contributed by atoms with Crippen LogP contribution in [0, 0.1) is 16.2 Å². The number of methoxy groups -OCH3 is 1. The summed E-state index contributed by atoms with van der Waals surface area (Å²) in [6.45, 7) is 11.2. The van der Waals surface area contributed by atoms with E-state index in [1.165, 1.54) is 7.11 Å². The first kappa shape index (κ1) is 15.0. The SMILES string of the molecule is COC(=O)C1(C(=O)NCC(C)(C)C(C)(C)C)CC1. The Morgan fingerprint density at radius 2 is 1.67 bits per heavy atom. The predicted octanol–water partition coefficient (Wildman–Crippen LogP) is 2.13. The normalized spacial score (nSPS) is 18.1. The maximum Gasteiger partial charge on any atom is 0.321 e. The second-order valence-electron chi connectivity index (χ2n) is 6.89. The van der Waals surface area contributed by atoms with Crippen LogP contribution in [-0.2, 0) is 14.3 Å². The van der Waals surface area contributed by atoms with Crippen LogP contribution in [0.1, 0.15) is 47.5 Å². The highest BCUT2D eigenvalue weighted by Crippen LogP contribution is 2.47. The maximum atomic E-state index is 12.1. The largest absolute Gasteiger partial charge is 0.468 e. The van der Waals surface area contributed by atoms with Crippen LogP contribution in [0.3, 0.4) is 0 Å². The second kappa shape index (κ2) is 4.56. The lowest BCUT2D eigenvalue weighted by molar-refractivity contribution is -0.152. The summed E-state index contributed by atoms with van der Waals surface area (Å²) in [7, 11) is 1.33. The lowest BCUT2D eigenvalue weighted by Crippen LogP contribution is -2.45. The van der Waals surface area contributed by atoms with Crippen LogP contribution >= 0.6 is 0 Å². The number of esters is 1. The van der Waals surface area contributed by atoms with Crippen LogP contribution in [-0.4, -0.2) is 25.5 Å². The van der Waals surface area contributed by atoms with E-state index < -0.39 is 11.4 Å². The molecule has 0 aromatic rings. The van der Waals surface area contributed by atoms with E-state index in [0.29, 0.717) is 19.4 Å². The van der Waals surface area contributed by atoms with Crippen LogP contribution in [0.25, 0.3) is 0 Å². The molecule has 1 fully saturated rings. The van der Waals surface area contributed by atoms with Gasteiger partial charge in [0.05, 0.1) is 7.11 Å². The minimum absolute atomic E-state index is 0.0329. The summed E-state index contributed by atoms with van der Waals surface area (Å²) >= 11 is 0. The Morgan fingerprint density at radius 1 is 1.17 bits per heavy atom. The zero-order chi connectivity index (χ0) is 14.2. The molecule has 4 nitrogen and oxygen atoms in total. The van der Waals surface area contributed by atoms with Crippen LogP contribution in [0.5, 0.6) is 0 Å². The van der Waals surface area contributed by atoms with Crippen molar-refractivity contribution in [2.24, 2.45) is 16.2 Å². The summed E-state index contributed by atoms with van der Waals surface area (Å²) < 4.78 is 4.70. The van der Waals surface area contributed by atoms with E-state index >= 15 is 0 Å². The Hall–Kier alpha value is -1.06. The van der Waals surface area contributed by atoms with Crippen molar-refractivity contribution in [2.75, 3.05) is 13.7 Å². The summed E-state index contributed by atoms with van der Waals surface area (Å²) in [6.07, 6.45) is 1.20. The van der Waals surface area contributed by atoms with Crippen molar-refractivity contribution in [1.29, 1.82) is 0 Å². The van der Waals surface area contributed by atoms with E-state index in [-0.39, 0.29) is 16.7 Å². The Labute approximate surface area is 109 Å². The van der Waals surface area contributed by atoms with Crippen LogP contribution < -0.4 is 5.32 Å². The maximum absolute atomic E-state index is 12.1. The molecule has 104 valence electrons. The van der Waals surface area contributed by atoms with E-state index in [9.17, 15) is 9.59 Å². The van der Waals surface area contributed by atoms with Gasteiger partial charge in [-0.3, -0.25) is 9.59 Å². The molecule has 1 N–H and O–H groups in total. The van der Waals surface area contributed by atoms with Gasteiger partial charge in [-0.05, 0) is 23.7 Å². The topological polar surface area (TPSA) is 55.4 Å². The Kier molecular flexibility index (Phi) is 3.80. The van der Waals surface area contributed by atoms with E-state index in [1.807, 2.05) is 0 Å². The molecular weight excluding hydrogens is 230 g/mol. The Morgan fingerprint density at radius 3 is 2.00 bits per heavy atom. The smallest absolute Gasteiger partial charge is 0.321 e. The molecule has 1 rings (SSSR count). The van der Waals surface area contributed by atoms with Gasteiger partial charge in [-0.1, -0.05) is 34.6 Å². The molecule has 1 saturated carbocycles. The highest BCUT2D eigenvalue weighted by Gasteiger charge is 2.58. The number of nitrogens with one attached hydrogen (secondary N) is 1. The zero-order valence-electron chi connectivity index (χ0n) is 12.3. The fraction of sp³-hybridized carbons (Fsp3) is 0.857. The number of carbonyl (C=O) groups is 2. The fourth-order valence-electron chi connectivity index (χ4n) is 1.58. The molecule has 0 radical (unpaired) electrons. The molecule has 0 bridgehead atoms. The number of hydrogen-bond acceptors (Lipinski definition) is 3. The molecule has 0 atom stereocenters. The van der Waals surface area contributed by atoms with Gasteiger partial charge >= 0.3 is 5.97 Å². The quantitative estimate of drug-likeness (QED) is 0.618. The zero-order valence-corrected chi connectivity index (χ0v) is 12.3. The van der Waals surface area contributed by atoms with Gasteiger partial charge in [0.1, 0.15) is 5.41 Å². The van der Waals surface area contributed by atoms with Gasteiger partial charge in [0.25, 0.3) is 0 Å². The molecular formula is C14H25NO3. The number of carbonyl (C=O) groups excluding carboxylic acids is 2. The number of amides is 1. The third kappa shape index (κ3) is 2.68. The number of rotatable bonds is 4. The number of hydrogen-bond donors (Lipinski definition) is 1. The van der Waals surface area contributed by atoms with Crippen molar-refractivity contribution >= 4 is 11.9 Å². The fourth-order valence-corrected chi connectivity index (χ4v) is 1.58. The molecule has 0 aromatic carbocycles. The predicted molar refractivity (Wildman–Crippen MR) is 69.9 cm³/mol. The van der Waals surface area contributed by atoms with Gasteiger partial charge in [-0.15, -0.1) is 0 Å². The Balaban J connectivity index is 2.61. The summed E-state index contributed by atoms with van der Waals surface area (Å²) in [5.41, 5.74) is -0.847. The summed E-state index contributed by atoms with van der Waals surface area (Å²) in [5, 5.41) is 2.91. The molecule has 4 heteroatoms. The molecule has 18 heavy (non-hydrogen) atoms. The second-order valence-corrected chi connectivity index (χ2v) is 6.89. The van der Waals surface area contributed by atoms with Crippen molar-refractivity contribution in [3.8, 4) is 0 Å².